The number of benzene rings is 1. The Morgan fingerprint density at radius 2 is 1.96 bits per heavy atom. The monoisotopic (exact) mass is 353 g/mol. The van der Waals surface area contributed by atoms with Crippen molar-refractivity contribution < 1.29 is 4.79 Å². The van der Waals surface area contributed by atoms with Crippen LogP contribution in [-0.2, 0) is 11.3 Å². The van der Waals surface area contributed by atoms with Crippen LogP contribution in [0.3, 0.4) is 0 Å². The third-order valence-corrected chi connectivity index (χ3v) is 6.41. The SMILES string of the molecule is CCC(C)Cn1c(C2CC(=O)N(C3CCCCC3)C2)nc2ccccc21. The molecule has 2 aromatic rings. The molecule has 1 aliphatic heterocycles. The van der Waals surface area contributed by atoms with Crippen molar-refractivity contribution in [2.75, 3.05) is 6.54 Å². The number of nitrogens with zero attached hydrogens (tertiary/aromatic N) is 3. The van der Waals surface area contributed by atoms with Crippen LogP contribution in [0.1, 0.15) is 70.5 Å². The van der Waals surface area contributed by atoms with Crippen molar-refractivity contribution in [1.82, 2.24) is 14.5 Å². The smallest absolute Gasteiger partial charge is 0.223 e. The maximum atomic E-state index is 12.8. The second kappa shape index (κ2) is 7.42. The lowest BCUT2D eigenvalue weighted by molar-refractivity contribution is -0.130. The molecule has 1 saturated heterocycles. The van der Waals surface area contributed by atoms with Gasteiger partial charge in [0.15, 0.2) is 0 Å². The molecule has 1 aliphatic carbocycles. The first-order chi connectivity index (χ1) is 12.7. The van der Waals surface area contributed by atoms with Crippen LogP contribution in [0.5, 0.6) is 0 Å². The lowest BCUT2D eigenvalue weighted by Gasteiger charge is -2.31. The molecule has 2 aliphatic rings. The molecule has 2 unspecified atom stereocenters. The van der Waals surface area contributed by atoms with Crippen LogP contribution in [0.25, 0.3) is 11.0 Å². The molecule has 2 heterocycles. The van der Waals surface area contributed by atoms with Gasteiger partial charge in [-0.05, 0) is 30.9 Å². The minimum Gasteiger partial charge on any atom is -0.339 e. The maximum Gasteiger partial charge on any atom is 0.223 e. The van der Waals surface area contributed by atoms with E-state index in [9.17, 15) is 4.79 Å². The summed E-state index contributed by atoms with van der Waals surface area (Å²) in [7, 11) is 0. The maximum absolute atomic E-state index is 12.8. The number of fused-ring (bicyclic) bond motifs is 1. The van der Waals surface area contributed by atoms with E-state index >= 15 is 0 Å². The Kier molecular flexibility index (Phi) is 5.01. The van der Waals surface area contributed by atoms with Gasteiger partial charge in [-0.2, -0.15) is 0 Å². The molecule has 2 atom stereocenters. The topological polar surface area (TPSA) is 38.1 Å². The Labute approximate surface area is 156 Å². The van der Waals surface area contributed by atoms with E-state index in [-0.39, 0.29) is 5.92 Å². The van der Waals surface area contributed by atoms with Crippen LogP contribution < -0.4 is 0 Å². The van der Waals surface area contributed by atoms with Gasteiger partial charge in [0.05, 0.1) is 11.0 Å². The average molecular weight is 354 g/mol. The summed E-state index contributed by atoms with van der Waals surface area (Å²) in [5.74, 6) is 2.31. The predicted molar refractivity (Wildman–Crippen MR) is 105 cm³/mol. The van der Waals surface area contributed by atoms with Crippen LogP contribution in [0.4, 0.5) is 0 Å². The molecular weight excluding hydrogens is 322 g/mol. The molecule has 0 N–H and O–H groups in total. The molecule has 140 valence electrons. The van der Waals surface area contributed by atoms with Crippen molar-refractivity contribution in [1.29, 1.82) is 0 Å². The summed E-state index contributed by atoms with van der Waals surface area (Å²) >= 11 is 0. The summed E-state index contributed by atoms with van der Waals surface area (Å²) in [4.78, 5) is 19.9. The summed E-state index contributed by atoms with van der Waals surface area (Å²) in [6.45, 7) is 6.38. The van der Waals surface area contributed by atoms with E-state index < -0.39 is 0 Å². The Morgan fingerprint density at radius 1 is 1.19 bits per heavy atom. The standard InChI is InChI=1S/C22H31N3O/c1-3-16(2)14-25-20-12-8-7-11-19(20)23-22(25)17-13-21(26)24(15-17)18-9-5-4-6-10-18/h7-8,11-12,16-18H,3-6,9-10,13-15H2,1-2H3. The van der Waals surface area contributed by atoms with Gasteiger partial charge in [-0.3, -0.25) is 4.79 Å². The number of likely N-dealkylation sites (tertiary alicyclic amines) is 1. The number of hydrogen-bond donors (Lipinski definition) is 0. The second-order valence-electron chi connectivity index (χ2n) is 8.32. The van der Waals surface area contributed by atoms with Crippen LogP contribution in [0, 0.1) is 5.92 Å². The molecule has 1 saturated carbocycles. The van der Waals surface area contributed by atoms with Gasteiger partial charge in [0.25, 0.3) is 0 Å². The number of aromatic nitrogens is 2. The number of carbonyl (C=O) groups excluding carboxylic acids is 1. The second-order valence-corrected chi connectivity index (χ2v) is 8.32. The fourth-order valence-corrected chi connectivity index (χ4v) is 4.69. The molecule has 4 heteroatoms. The van der Waals surface area contributed by atoms with E-state index in [1.165, 1.54) is 37.6 Å². The first-order valence-corrected chi connectivity index (χ1v) is 10.4. The quantitative estimate of drug-likeness (QED) is 0.779. The summed E-state index contributed by atoms with van der Waals surface area (Å²) in [5, 5.41) is 0. The highest BCUT2D eigenvalue weighted by atomic mass is 16.2. The fourth-order valence-electron chi connectivity index (χ4n) is 4.69. The minimum absolute atomic E-state index is 0.237. The largest absolute Gasteiger partial charge is 0.339 e. The molecule has 0 spiro atoms. The number of imidazole rings is 1. The third-order valence-electron chi connectivity index (χ3n) is 6.41. The van der Waals surface area contributed by atoms with Gasteiger partial charge in [0, 0.05) is 31.5 Å². The van der Waals surface area contributed by atoms with Crippen molar-refractivity contribution >= 4 is 16.9 Å². The van der Waals surface area contributed by atoms with Crippen LogP contribution in [0.15, 0.2) is 24.3 Å². The Bertz CT molecular complexity index is 775. The Balaban J connectivity index is 1.63. The molecule has 4 rings (SSSR count). The molecule has 2 fully saturated rings. The van der Waals surface area contributed by atoms with Gasteiger partial charge in [-0.25, -0.2) is 4.98 Å². The molecule has 0 bridgehead atoms. The van der Waals surface area contributed by atoms with E-state index in [1.54, 1.807) is 0 Å². The highest BCUT2D eigenvalue weighted by Crippen LogP contribution is 2.35. The first-order valence-electron chi connectivity index (χ1n) is 10.4. The normalized spacial score (nSPS) is 23.1. The zero-order valence-electron chi connectivity index (χ0n) is 16.2. The molecule has 1 aromatic carbocycles. The number of carbonyl (C=O) groups is 1. The zero-order chi connectivity index (χ0) is 18.1. The lowest BCUT2D eigenvalue weighted by Crippen LogP contribution is -2.37. The number of rotatable bonds is 5. The van der Waals surface area contributed by atoms with Crippen molar-refractivity contribution in [2.24, 2.45) is 5.92 Å². The van der Waals surface area contributed by atoms with Gasteiger partial charge in [-0.15, -0.1) is 0 Å². The Hall–Kier alpha value is -1.84. The van der Waals surface area contributed by atoms with E-state index in [0.717, 1.165) is 30.9 Å². The van der Waals surface area contributed by atoms with E-state index in [4.69, 9.17) is 4.98 Å². The zero-order valence-corrected chi connectivity index (χ0v) is 16.2. The number of amides is 1. The van der Waals surface area contributed by atoms with Gasteiger partial charge < -0.3 is 9.47 Å². The van der Waals surface area contributed by atoms with Crippen LogP contribution >= 0.6 is 0 Å². The van der Waals surface area contributed by atoms with Gasteiger partial charge >= 0.3 is 0 Å². The summed E-state index contributed by atoms with van der Waals surface area (Å²) in [5.41, 5.74) is 2.28. The molecule has 1 aromatic heterocycles. The Morgan fingerprint density at radius 3 is 2.73 bits per heavy atom. The third kappa shape index (κ3) is 3.26. The number of para-hydroxylation sites is 2. The summed E-state index contributed by atoms with van der Waals surface area (Å²) in [6.07, 6.45) is 8.01. The molecule has 4 nitrogen and oxygen atoms in total. The van der Waals surface area contributed by atoms with Crippen molar-refractivity contribution in [3.8, 4) is 0 Å². The molecule has 0 radical (unpaired) electrons. The van der Waals surface area contributed by atoms with Gasteiger partial charge in [0.1, 0.15) is 5.82 Å². The van der Waals surface area contributed by atoms with Crippen molar-refractivity contribution in [3.05, 3.63) is 30.1 Å². The van der Waals surface area contributed by atoms with Crippen molar-refractivity contribution in [2.45, 2.75) is 77.3 Å². The van der Waals surface area contributed by atoms with E-state index in [1.807, 2.05) is 0 Å². The molecule has 1 amide bonds. The van der Waals surface area contributed by atoms with Crippen LogP contribution in [0.2, 0.25) is 0 Å². The average Bonchev–Trinajstić information content (AvgIpc) is 3.23. The first kappa shape index (κ1) is 17.6. The minimum atomic E-state index is 0.237. The van der Waals surface area contributed by atoms with Crippen molar-refractivity contribution in [3.63, 3.8) is 0 Å². The molecular formula is C22H31N3O. The lowest BCUT2D eigenvalue weighted by atomic mass is 9.94. The fraction of sp³-hybridized carbons (Fsp3) is 0.636. The van der Waals surface area contributed by atoms with Gasteiger partial charge in [-0.1, -0.05) is 51.7 Å². The highest BCUT2D eigenvalue weighted by molar-refractivity contribution is 5.81. The molecule has 26 heavy (non-hydrogen) atoms. The highest BCUT2D eigenvalue weighted by Gasteiger charge is 2.37. The number of hydrogen-bond acceptors (Lipinski definition) is 2. The predicted octanol–water partition coefficient (Wildman–Crippen LogP) is 4.73. The van der Waals surface area contributed by atoms with E-state index in [0.29, 0.717) is 24.3 Å². The van der Waals surface area contributed by atoms with E-state index in [2.05, 4.69) is 47.6 Å². The van der Waals surface area contributed by atoms with Crippen LogP contribution in [-0.4, -0.2) is 32.9 Å². The summed E-state index contributed by atoms with van der Waals surface area (Å²) in [6, 6.07) is 8.88. The van der Waals surface area contributed by atoms with Gasteiger partial charge in [0.2, 0.25) is 5.91 Å². The summed E-state index contributed by atoms with van der Waals surface area (Å²) < 4.78 is 2.39.